The molecule has 10 nitrogen and oxygen atoms in total. The average molecular weight is 994 g/mol. The molecule has 5 aromatic rings. The number of sulfonamides is 1. The van der Waals surface area contributed by atoms with Gasteiger partial charge in [0.05, 0.1) is 5.69 Å². The molecule has 0 atom stereocenters. The lowest BCUT2D eigenvalue weighted by atomic mass is 10.2. The van der Waals surface area contributed by atoms with Crippen LogP contribution in [0.3, 0.4) is 0 Å². The van der Waals surface area contributed by atoms with E-state index in [2.05, 4.69) is 61.0 Å². The van der Waals surface area contributed by atoms with Gasteiger partial charge in [-0.05, 0) is 141 Å². The van der Waals surface area contributed by atoms with Crippen LogP contribution in [0.15, 0.2) is 128 Å². The summed E-state index contributed by atoms with van der Waals surface area (Å²) in [5.41, 5.74) is 7.24. The number of nitrogens with zero attached hydrogens (tertiary/aromatic N) is 3. The summed E-state index contributed by atoms with van der Waals surface area (Å²) >= 11 is 6.34. The summed E-state index contributed by atoms with van der Waals surface area (Å²) in [5.74, 6) is 0.0667. The molecular formula is C40H47Br2ClF3N5O5S2. The van der Waals surface area contributed by atoms with Crippen LogP contribution < -0.4 is 15.4 Å². The van der Waals surface area contributed by atoms with Gasteiger partial charge >= 0.3 is 0 Å². The maximum Gasteiger partial charge on any atom is 0.281 e. The minimum Gasteiger partial charge on any atom is -0.399 e. The smallest absolute Gasteiger partial charge is 0.281 e. The van der Waals surface area contributed by atoms with Crippen LogP contribution in [0.25, 0.3) is 0 Å². The molecule has 0 saturated carbocycles. The number of hydrogen-bond donors (Lipinski definition) is 2. The van der Waals surface area contributed by atoms with E-state index in [0.717, 1.165) is 18.5 Å². The fraction of sp³-hybridized carbons (Fsp3) is 0.275. The molecule has 58 heavy (non-hydrogen) atoms. The van der Waals surface area contributed by atoms with E-state index in [1.807, 2.05) is 27.7 Å². The quantitative estimate of drug-likeness (QED) is 0.0791. The third-order valence-corrected chi connectivity index (χ3v) is 10.4. The number of anilines is 3. The second-order valence-corrected chi connectivity index (χ2v) is 19.3. The monoisotopic (exact) mass is 991 g/mol. The Morgan fingerprint density at radius 1 is 0.690 bits per heavy atom. The van der Waals surface area contributed by atoms with Gasteiger partial charge in [0.25, 0.3) is 19.1 Å². The molecular weight excluding hydrogens is 947 g/mol. The second-order valence-electron chi connectivity index (χ2n) is 13.2. The number of rotatable bonds is 10. The standard InChI is InChI=1S/C15H16BrFN2O2S.C10H14FN.C6H6FN.C5H3BrClNO2S.C4H8O/c1-11(2)10-19(14-6-4-13(17)5-7-14)22(20,21)15-8-3-12(16)9-18-15;1-8(2)7-12-10-5-3-9(11)4-6-10;7-5-1-3-6(8)4-2-5;6-4-1-2-5(8-3-4)11(7,9)10;1-4(2)3-5/h3-9,11H,10H2,1-2H3;3-6,8,12H,7H2,1-2H3;1-4H,8H2;1-3H;3-4H,1-2H3. The lowest BCUT2D eigenvalue weighted by molar-refractivity contribution is -0.110. The van der Waals surface area contributed by atoms with E-state index in [9.17, 15) is 34.8 Å². The average Bonchev–Trinajstić information content (AvgIpc) is 3.16. The van der Waals surface area contributed by atoms with Gasteiger partial charge in [-0.1, -0.05) is 41.5 Å². The van der Waals surface area contributed by atoms with E-state index in [1.165, 1.54) is 89.5 Å². The Morgan fingerprint density at radius 2 is 1.10 bits per heavy atom. The highest BCUT2D eigenvalue weighted by atomic mass is 79.9. The lowest BCUT2D eigenvalue weighted by Crippen LogP contribution is -2.34. The van der Waals surface area contributed by atoms with Crippen LogP contribution in [0.2, 0.25) is 0 Å². The van der Waals surface area contributed by atoms with Crippen molar-refractivity contribution in [2.75, 3.05) is 28.4 Å². The number of aromatic nitrogens is 2. The molecule has 0 aliphatic carbocycles. The van der Waals surface area contributed by atoms with E-state index >= 15 is 0 Å². The Kier molecular flexibility index (Phi) is 23.4. The minimum atomic E-state index is -3.80. The zero-order valence-electron chi connectivity index (χ0n) is 32.7. The summed E-state index contributed by atoms with van der Waals surface area (Å²) < 4.78 is 87.1. The first-order valence-corrected chi connectivity index (χ1v) is 22.8. The van der Waals surface area contributed by atoms with Gasteiger partial charge in [0, 0.05) is 62.4 Å². The summed E-state index contributed by atoms with van der Waals surface area (Å²) in [7, 11) is -2.47. The number of carbonyl (C=O) groups excluding carboxylic acids is 1. The molecule has 0 saturated heterocycles. The van der Waals surface area contributed by atoms with Crippen LogP contribution in [-0.4, -0.2) is 46.2 Å². The zero-order valence-corrected chi connectivity index (χ0v) is 38.2. The third-order valence-electron chi connectivity index (χ3n) is 6.55. The number of nitrogen functional groups attached to an aromatic ring is 1. The molecule has 0 spiro atoms. The molecule has 0 radical (unpaired) electrons. The van der Waals surface area contributed by atoms with Gasteiger partial charge < -0.3 is 15.8 Å². The molecule has 3 aromatic carbocycles. The summed E-state index contributed by atoms with van der Waals surface area (Å²) in [4.78, 5) is 17.1. The van der Waals surface area contributed by atoms with Gasteiger partial charge in [0.1, 0.15) is 23.7 Å². The van der Waals surface area contributed by atoms with Crippen molar-refractivity contribution in [1.82, 2.24) is 9.97 Å². The van der Waals surface area contributed by atoms with Crippen molar-refractivity contribution in [3.8, 4) is 0 Å². The number of pyridine rings is 2. The first-order chi connectivity index (χ1) is 27.0. The Labute approximate surface area is 361 Å². The van der Waals surface area contributed by atoms with E-state index in [0.29, 0.717) is 26.2 Å². The number of carbonyl (C=O) groups is 1. The molecule has 5 rings (SSSR count). The van der Waals surface area contributed by atoms with Crippen LogP contribution in [-0.2, 0) is 23.9 Å². The van der Waals surface area contributed by atoms with Crippen LogP contribution in [0.5, 0.6) is 0 Å². The van der Waals surface area contributed by atoms with E-state index in [1.54, 1.807) is 24.3 Å². The van der Waals surface area contributed by atoms with Crippen molar-refractivity contribution in [2.45, 2.75) is 51.6 Å². The van der Waals surface area contributed by atoms with Crippen LogP contribution in [0.1, 0.15) is 41.5 Å². The first-order valence-electron chi connectivity index (χ1n) is 17.5. The van der Waals surface area contributed by atoms with Gasteiger partial charge in [0.2, 0.25) is 0 Å². The van der Waals surface area contributed by atoms with Gasteiger partial charge in [0.15, 0.2) is 10.1 Å². The summed E-state index contributed by atoms with van der Waals surface area (Å²) in [6.45, 7) is 13.0. The zero-order chi connectivity index (χ0) is 44.1. The largest absolute Gasteiger partial charge is 0.399 e. The molecule has 316 valence electrons. The lowest BCUT2D eigenvalue weighted by Gasteiger charge is -2.25. The molecule has 0 amide bonds. The molecule has 0 bridgehead atoms. The minimum absolute atomic E-state index is 0.0410. The van der Waals surface area contributed by atoms with Crippen molar-refractivity contribution in [3.05, 3.63) is 136 Å². The maximum absolute atomic E-state index is 13.1. The van der Waals surface area contributed by atoms with Crippen LogP contribution in [0.4, 0.5) is 30.2 Å². The van der Waals surface area contributed by atoms with E-state index in [4.69, 9.17) is 16.4 Å². The highest BCUT2D eigenvalue weighted by Crippen LogP contribution is 2.25. The summed E-state index contributed by atoms with van der Waals surface area (Å²) in [6.07, 6.45) is 3.72. The molecule has 3 N–H and O–H groups in total. The van der Waals surface area contributed by atoms with Crippen molar-refractivity contribution < 1.29 is 34.8 Å². The molecule has 0 fully saturated rings. The van der Waals surface area contributed by atoms with Gasteiger partial charge in [-0.3, -0.25) is 4.31 Å². The Balaban J connectivity index is 0.000000397. The van der Waals surface area contributed by atoms with Gasteiger partial charge in [-0.2, -0.15) is 8.42 Å². The predicted octanol–water partition coefficient (Wildman–Crippen LogP) is 10.7. The SMILES string of the molecule is CC(C)C=O.CC(C)CN(c1ccc(F)cc1)S(=O)(=O)c1ccc(Br)cn1.CC(C)CNc1ccc(F)cc1.Nc1ccc(F)cc1.O=S(=O)(Cl)c1ccc(Br)cn1. The maximum atomic E-state index is 13.1. The molecule has 0 aliphatic rings. The highest BCUT2D eigenvalue weighted by molar-refractivity contribution is 9.10. The number of hydrogen-bond acceptors (Lipinski definition) is 9. The third kappa shape index (κ3) is 21.6. The van der Waals surface area contributed by atoms with Crippen LogP contribution >= 0.6 is 42.5 Å². The molecule has 2 aromatic heterocycles. The van der Waals surface area contributed by atoms with E-state index < -0.39 is 24.9 Å². The van der Waals surface area contributed by atoms with Gasteiger partial charge in [-0.15, -0.1) is 0 Å². The molecule has 0 unspecified atom stereocenters. The van der Waals surface area contributed by atoms with Gasteiger partial charge in [-0.25, -0.2) is 31.6 Å². The van der Waals surface area contributed by atoms with Crippen molar-refractivity contribution in [3.63, 3.8) is 0 Å². The molecule has 0 aliphatic heterocycles. The van der Waals surface area contributed by atoms with Crippen molar-refractivity contribution in [1.29, 1.82) is 0 Å². The molecule has 2 heterocycles. The van der Waals surface area contributed by atoms with Crippen molar-refractivity contribution in [2.24, 2.45) is 17.8 Å². The number of nitrogens with one attached hydrogen (secondary N) is 1. The van der Waals surface area contributed by atoms with Crippen LogP contribution in [0, 0.1) is 35.2 Å². The first kappa shape index (κ1) is 52.0. The Bertz CT molecular complexity index is 2130. The number of halogens is 6. The Morgan fingerprint density at radius 3 is 1.45 bits per heavy atom. The number of aldehydes is 1. The number of benzene rings is 3. The predicted molar refractivity (Wildman–Crippen MR) is 234 cm³/mol. The fourth-order valence-electron chi connectivity index (χ4n) is 3.77. The summed E-state index contributed by atoms with van der Waals surface area (Å²) in [5, 5.41) is 3.03. The topological polar surface area (TPSA) is 152 Å². The Hall–Kier alpha value is -4.03. The normalized spacial score (nSPS) is 10.7. The highest BCUT2D eigenvalue weighted by Gasteiger charge is 2.27. The fourth-order valence-corrected chi connectivity index (χ4v) is 6.47. The molecule has 18 heteroatoms. The summed E-state index contributed by atoms with van der Waals surface area (Å²) in [6, 6.07) is 23.5. The van der Waals surface area contributed by atoms with Crippen molar-refractivity contribution >= 4 is 85.0 Å². The number of nitrogens with two attached hydrogens (primary N) is 1. The van der Waals surface area contributed by atoms with E-state index in [-0.39, 0.29) is 40.1 Å². The second kappa shape index (κ2) is 26.1.